The van der Waals surface area contributed by atoms with E-state index in [9.17, 15) is 5.11 Å². The molecule has 4 aromatic rings. The zero-order valence-electron chi connectivity index (χ0n) is 17.9. The molecule has 0 amide bonds. The molecule has 0 saturated carbocycles. The van der Waals surface area contributed by atoms with E-state index in [2.05, 4.69) is 12.1 Å². The number of hydrogen-bond acceptors (Lipinski definition) is 4. The molecule has 3 nitrogen and oxygen atoms in total. The molecule has 5 heteroatoms. The first-order chi connectivity index (χ1) is 15.7. The Morgan fingerprint density at radius 1 is 0.688 bits per heavy atom. The molecule has 4 rings (SSSR count). The van der Waals surface area contributed by atoms with Gasteiger partial charge in [-0.1, -0.05) is 66.7 Å². The maximum Gasteiger partial charge on any atom is 0.0902 e. The quantitative estimate of drug-likeness (QED) is 0.289. The zero-order valence-corrected chi connectivity index (χ0v) is 19.5. The van der Waals surface area contributed by atoms with E-state index in [4.69, 9.17) is 8.73 Å². The smallest absolute Gasteiger partial charge is 0.0902 e. The minimum Gasteiger partial charge on any atom is -0.387 e. The number of hydrogen-bond donors (Lipinski definition) is 1. The van der Waals surface area contributed by atoms with Crippen LogP contribution < -0.4 is 0 Å². The van der Waals surface area contributed by atoms with Crippen LogP contribution in [0.25, 0.3) is 0 Å². The van der Waals surface area contributed by atoms with E-state index in [1.54, 1.807) is 11.8 Å². The second-order valence-electron chi connectivity index (χ2n) is 7.29. The van der Waals surface area contributed by atoms with Crippen molar-refractivity contribution in [3.8, 4) is 0 Å². The van der Waals surface area contributed by atoms with Crippen LogP contribution in [0.15, 0.2) is 134 Å². The van der Waals surface area contributed by atoms with Crippen LogP contribution in [-0.2, 0) is 9.62 Å². The van der Waals surface area contributed by atoms with Gasteiger partial charge in [-0.05, 0) is 70.0 Å². The highest BCUT2D eigenvalue weighted by Crippen LogP contribution is 2.31. The maximum absolute atomic E-state index is 11.3. The van der Waals surface area contributed by atoms with Gasteiger partial charge >= 0.3 is 0 Å². The van der Waals surface area contributed by atoms with Gasteiger partial charge in [0.05, 0.1) is 17.5 Å². The van der Waals surface area contributed by atoms with Crippen LogP contribution in [0.4, 0.5) is 11.4 Å². The summed E-state index contributed by atoms with van der Waals surface area (Å²) in [5.74, 6) is 0.402. The summed E-state index contributed by atoms with van der Waals surface area (Å²) in [5, 5.41) is 11.3. The van der Waals surface area contributed by atoms with Crippen molar-refractivity contribution in [3.05, 3.63) is 121 Å². The number of thioether (sulfide) groups is 1. The first-order valence-corrected chi connectivity index (χ1v) is 13.4. The maximum atomic E-state index is 11.3. The third-order valence-corrected chi connectivity index (χ3v) is 8.61. The van der Waals surface area contributed by atoms with Crippen molar-refractivity contribution in [1.82, 2.24) is 0 Å². The lowest BCUT2D eigenvalue weighted by molar-refractivity contribution is 0.203. The zero-order chi connectivity index (χ0) is 22.2. The van der Waals surface area contributed by atoms with Crippen molar-refractivity contribution in [2.45, 2.75) is 15.9 Å². The Balaban J connectivity index is 1.91. The number of benzene rings is 4. The van der Waals surface area contributed by atoms with Gasteiger partial charge in [0, 0.05) is 15.5 Å². The molecule has 0 heterocycles. The minimum atomic E-state index is -2.15. The highest BCUT2D eigenvalue weighted by atomic mass is 32.2. The Labute approximate surface area is 195 Å². The van der Waals surface area contributed by atoms with Crippen LogP contribution in [0.2, 0.25) is 0 Å². The third-order valence-electron chi connectivity index (χ3n) is 5.04. The van der Waals surface area contributed by atoms with Gasteiger partial charge in [0.25, 0.3) is 0 Å². The lowest BCUT2D eigenvalue weighted by Crippen LogP contribution is -2.14. The van der Waals surface area contributed by atoms with Crippen LogP contribution in [0.1, 0.15) is 11.7 Å². The van der Waals surface area contributed by atoms with Crippen LogP contribution in [0, 0.1) is 0 Å². The molecule has 1 unspecified atom stereocenters. The fourth-order valence-electron chi connectivity index (χ4n) is 3.40. The molecule has 0 aromatic heterocycles. The number of aliphatic hydroxyl groups is 1. The molecule has 0 radical (unpaired) electrons. The summed E-state index contributed by atoms with van der Waals surface area (Å²) in [4.78, 5) is 2.19. The topological polar surface area (TPSA) is 45.0 Å². The van der Waals surface area contributed by atoms with Gasteiger partial charge in [0.1, 0.15) is 0 Å². The van der Waals surface area contributed by atoms with Crippen molar-refractivity contribution >= 4 is 32.8 Å². The Morgan fingerprint density at radius 3 is 1.62 bits per heavy atom. The molecule has 32 heavy (non-hydrogen) atoms. The van der Waals surface area contributed by atoms with E-state index in [-0.39, 0.29) is 0 Å². The molecule has 4 aromatic carbocycles. The molecule has 162 valence electrons. The van der Waals surface area contributed by atoms with Gasteiger partial charge in [0.15, 0.2) is 0 Å². The third kappa shape index (κ3) is 5.49. The molecule has 0 spiro atoms. The summed E-state index contributed by atoms with van der Waals surface area (Å²) in [6.07, 6.45) is 1.36. The summed E-state index contributed by atoms with van der Waals surface area (Å²) in [6, 6.07) is 38.1. The lowest BCUT2D eigenvalue weighted by atomic mass is 10.1. The van der Waals surface area contributed by atoms with Crippen molar-refractivity contribution in [2.75, 3.05) is 12.0 Å². The highest BCUT2D eigenvalue weighted by Gasteiger charge is 2.19. The number of aliphatic hydroxyl groups excluding tert-OH is 1. The normalized spacial score (nSPS) is 12.2. The second kappa shape index (κ2) is 10.6. The first kappa shape index (κ1) is 22.3. The molecule has 1 atom stereocenters. The summed E-state index contributed by atoms with van der Waals surface area (Å²) in [5.41, 5.74) is 2.59. The van der Waals surface area contributed by atoms with Crippen LogP contribution in [0.3, 0.4) is 0 Å². The standard InChI is InChI=1S/C27H26N2OS2/c1-31-25-19-17-22(18-20-25)27(30)21-32(26-15-9-4-10-16-26,28-23-11-5-2-6-12-23)29-24-13-7-3-8-14-24/h2-20,27,30H,21H2,1H3. The Bertz CT molecular complexity index is 1200. The van der Waals surface area contributed by atoms with E-state index in [1.165, 1.54) is 4.90 Å². The fourth-order valence-corrected chi connectivity index (χ4v) is 6.57. The SMILES string of the molecule is CSc1ccc(C(O)CS(=Nc2ccccc2)(=Nc2ccccc2)c2ccccc2)cc1. The van der Waals surface area contributed by atoms with Gasteiger partial charge in [-0.25, -0.2) is 8.73 Å². The lowest BCUT2D eigenvalue weighted by Gasteiger charge is -2.21. The molecule has 0 fully saturated rings. The van der Waals surface area contributed by atoms with Crippen molar-refractivity contribution in [1.29, 1.82) is 0 Å². The summed E-state index contributed by atoms with van der Waals surface area (Å²) >= 11 is 1.69. The minimum absolute atomic E-state index is 0.402. The predicted molar refractivity (Wildman–Crippen MR) is 137 cm³/mol. The molecule has 0 saturated heterocycles. The van der Waals surface area contributed by atoms with Crippen LogP contribution in [-0.4, -0.2) is 17.1 Å². The first-order valence-electron chi connectivity index (χ1n) is 10.4. The Hall–Kier alpha value is -2.86. The number of rotatable bonds is 7. The van der Waals surface area contributed by atoms with Crippen molar-refractivity contribution < 1.29 is 5.11 Å². The predicted octanol–water partition coefficient (Wildman–Crippen LogP) is 7.69. The fraction of sp³-hybridized carbons (Fsp3) is 0.111. The molecule has 0 aliphatic heterocycles. The summed E-state index contributed by atoms with van der Waals surface area (Å²) in [7, 11) is -2.15. The van der Waals surface area contributed by atoms with Gasteiger partial charge in [-0.15, -0.1) is 11.8 Å². The molecule has 1 N–H and O–H groups in total. The summed E-state index contributed by atoms with van der Waals surface area (Å²) in [6.45, 7) is 0. The van der Waals surface area contributed by atoms with E-state index >= 15 is 0 Å². The molecular formula is C27H26N2OS2. The highest BCUT2D eigenvalue weighted by molar-refractivity contribution is 7.98. The average Bonchev–Trinajstić information content (AvgIpc) is 2.86. The molecule has 0 aliphatic rings. The Kier molecular flexibility index (Phi) is 7.43. The molecule has 0 aliphatic carbocycles. The van der Waals surface area contributed by atoms with Crippen molar-refractivity contribution in [3.63, 3.8) is 0 Å². The van der Waals surface area contributed by atoms with E-state index in [0.29, 0.717) is 5.75 Å². The van der Waals surface area contributed by atoms with Gasteiger partial charge in [-0.3, -0.25) is 0 Å². The van der Waals surface area contributed by atoms with Crippen molar-refractivity contribution in [2.24, 2.45) is 8.73 Å². The van der Waals surface area contributed by atoms with Crippen LogP contribution in [0.5, 0.6) is 0 Å². The number of nitrogens with zero attached hydrogens (tertiary/aromatic N) is 2. The van der Waals surface area contributed by atoms with E-state index in [0.717, 1.165) is 21.8 Å². The van der Waals surface area contributed by atoms with E-state index in [1.807, 2.05) is 109 Å². The van der Waals surface area contributed by atoms with Gasteiger partial charge < -0.3 is 5.11 Å². The largest absolute Gasteiger partial charge is 0.387 e. The Morgan fingerprint density at radius 2 is 1.16 bits per heavy atom. The second-order valence-corrected chi connectivity index (χ2v) is 10.7. The van der Waals surface area contributed by atoms with Crippen LogP contribution >= 0.6 is 11.8 Å². The van der Waals surface area contributed by atoms with Gasteiger partial charge in [0.2, 0.25) is 0 Å². The van der Waals surface area contributed by atoms with Gasteiger partial charge in [-0.2, -0.15) is 0 Å². The van der Waals surface area contributed by atoms with E-state index < -0.39 is 15.7 Å². The summed E-state index contributed by atoms with van der Waals surface area (Å²) < 4.78 is 10.4. The average molecular weight is 459 g/mol. The molecule has 0 bridgehead atoms. The molecular weight excluding hydrogens is 432 g/mol. The monoisotopic (exact) mass is 458 g/mol.